The van der Waals surface area contributed by atoms with Gasteiger partial charge in [0.25, 0.3) is 5.69 Å². The maximum absolute atomic E-state index is 11.3. The molecule has 1 rings (SSSR count). The van der Waals surface area contributed by atoms with Crippen LogP contribution in [0.3, 0.4) is 0 Å². The van der Waals surface area contributed by atoms with Gasteiger partial charge in [0.05, 0.1) is 10.7 Å². The lowest BCUT2D eigenvalue weighted by atomic mass is 10.2. The van der Waals surface area contributed by atoms with Gasteiger partial charge in [-0.05, 0) is 5.56 Å². The van der Waals surface area contributed by atoms with Crippen LogP contribution in [-0.2, 0) is 16.6 Å². The van der Waals surface area contributed by atoms with E-state index in [0.717, 1.165) is 0 Å². The molecule has 0 saturated carbocycles. The fraction of sp³-hybridized carbons (Fsp3) is 0.333. The summed E-state index contributed by atoms with van der Waals surface area (Å²) in [6, 6.07) is 5.78. The molecule has 0 amide bonds. The number of nitrogens with one attached hydrogen (secondary N) is 1. The zero-order chi connectivity index (χ0) is 12.9. The molecule has 1 aromatic carbocycles. The van der Waals surface area contributed by atoms with Crippen LogP contribution in [0.25, 0.3) is 0 Å². The molecule has 6 nitrogen and oxygen atoms in total. The van der Waals surface area contributed by atoms with Crippen molar-refractivity contribution in [2.75, 3.05) is 11.6 Å². The first-order valence-electron chi connectivity index (χ1n) is 4.71. The summed E-state index contributed by atoms with van der Waals surface area (Å²) in [5.41, 5.74) is 0.455. The second-order valence-corrected chi connectivity index (χ2v) is 5.56. The van der Waals surface area contributed by atoms with Crippen molar-refractivity contribution in [1.82, 2.24) is 4.72 Å². The second-order valence-electron chi connectivity index (χ2n) is 3.26. The zero-order valence-electron chi connectivity index (χ0n) is 8.80. The molecule has 8 heteroatoms. The number of non-ortho nitro benzene ring substituents is 1. The quantitative estimate of drug-likeness (QED) is 0.482. The average Bonchev–Trinajstić information content (AvgIpc) is 2.27. The van der Waals surface area contributed by atoms with Gasteiger partial charge in [-0.3, -0.25) is 10.1 Å². The number of alkyl halides is 1. The molecule has 0 saturated heterocycles. The van der Waals surface area contributed by atoms with E-state index in [4.69, 9.17) is 11.6 Å². The van der Waals surface area contributed by atoms with Gasteiger partial charge >= 0.3 is 0 Å². The maximum atomic E-state index is 11.3. The van der Waals surface area contributed by atoms with Gasteiger partial charge in [0.15, 0.2) is 0 Å². The van der Waals surface area contributed by atoms with Crippen molar-refractivity contribution in [2.45, 2.75) is 6.54 Å². The van der Waals surface area contributed by atoms with E-state index in [2.05, 4.69) is 4.72 Å². The highest BCUT2D eigenvalue weighted by Crippen LogP contribution is 2.12. The Morgan fingerprint density at radius 1 is 1.41 bits per heavy atom. The highest BCUT2D eigenvalue weighted by atomic mass is 35.5. The lowest BCUT2D eigenvalue weighted by molar-refractivity contribution is -0.384. The van der Waals surface area contributed by atoms with Crippen molar-refractivity contribution in [3.05, 3.63) is 39.9 Å². The smallest absolute Gasteiger partial charge is 0.258 e. The Bertz CT molecular complexity index is 503. The Labute approximate surface area is 104 Å². The minimum absolute atomic E-state index is 0.00424. The van der Waals surface area contributed by atoms with Gasteiger partial charge in [-0.25, -0.2) is 13.1 Å². The molecule has 0 aliphatic rings. The van der Waals surface area contributed by atoms with Crippen LogP contribution >= 0.6 is 11.6 Å². The summed E-state index contributed by atoms with van der Waals surface area (Å²) in [6.45, 7) is 0.0148. The largest absolute Gasteiger partial charge is 0.269 e. The number of hydrogen-bond donors (Lipinski definition) is 1. The molecule has 0 radical (unpaired) electrons. The molecule has 0 aliphatic heterocycles. The molecule has 1 N–H and O–H groups in total. The van der Waals surface area contributed by atoms with E-state index in [9.17, 15) is 18.5 Å². The highest BCUT2D eigenvalue weighted by molar-refractivity contribution is 7.89. The van der Waals surface area contributed by atoms with Gasteiger partial charge < -0.3 is 0 Å². The molecule has 0 heterocycles. The number of rotatable bonds is 6. The Kier molecular flexibility index (Phi) is 4.86. The van der Waals surface area contributed by atoms with E-state index in [0.29, 0.717) is 5.56 Å². The summed E-state index contributed by atoms with van der Waals surface area (Å²) in [7, 11) is -3.41. The number of sulfonamides is 1. The van der Waals surface area contributed by atoms with Crippen LogP contribution in [0, 0.1) is 10.1 Å². The minimum Gasteiger partial charge on any atom is -0.258 e. The number of hydrogen-bond acceptors (Lipinski definition) is 4. The Morgan fingerprint density at radius 2 is 2.12 bits per heavy atom. The van der Waals surface area contributed by atoms with Gasteiger partial charge in [-0.1, -0.05) is 12.1 Å². The van der Waals surface area contributed by atoms with E-state index in [1.54, 1.807) is 6.07 Å². The third-order valence-corrected chi connectivity index (χ3v) is 3.70. The lowest BCUT2D eigenvalue weighted by Crippen LogP contribution is -2.26. The minimum atomic E-state index is -3.41. The number of nitro groups is 1. The number of benzene rings is 1. The van der Waals surface area contributed by atoms with Crippen molar-refractivity contribution in [2.24, 2.45) is 0 Å². The first-order valence-corrected chi connectivity index (χ1v) is 6.90. The number of nitrogens with zero attached hydrogens (tertiary/aromatic N) is 1. The van der Waals surface area contributed by atoms with E-state index in [1.165, 1.54) is 18.2 Å². The van der Waals surface area contributed by atoms with Gasteiger partial charge in [0.2, 0.25) is 10.0 Å². The summed E-state index contributed by atoms with van der Waals surface area (Å²) >= 11 is 5.33. The SMILES string of the molecule is O=[N+]([O-])c1cccc(CNS(=O)(=O)CCCl)c1. The third-order valence-electron chi connectivity index (χ3n) is 1.96. The van der Waals surface area contributed by atoms with Crippen molar-refractivity contribution in [3.8, 4) is 0 Å². The zero-order valence-corrected chi connectivity index (χ0v) is 10.4. The lowest BCUT2D eigenvalue weighted by Gasteiger charge is -2.04. The van der Waals surface area contributed by atoms with Gasteiger partial charge in [-0.2, -0.15) is 0 Å². The van der Waals surface area contributed by atoms with Gasteiger partial charge in [0, 0.05) is 24.6 Å². The van der Waals surface area contributed by atoms with E-state index >= 15 is 0 Å². The van der Waals surface area contributed by atoms with Crippen molar-refractivity contribution < 1.29 is 13.3 Å². The first-order chi connectivity index (χ1) is 7.94. The van der Waals surface area contributed by atoms with Gasteiger partial charge in [0.1, 0.15) is 0 Å². The molecule has 0 fully saturated rings. The van der Waals surface area contributed by atoms with Crippen molar-refractivity contribution in [3.63, 3.8) is 0 Å². The molecule has 0 aromatic heterocycles. The highest BCUT2D eigenvalue weighted by Gasteiger charge is 2.10. The molecule has 0 bridgehead atoms. The van der Waals surface area contributed by atoms with Crippen LogP contribution in [0.4, 0.5) is 5.69 Å². The summed E-state index contributed by atoms with van der Waals surface area (Å²) in [4.78, 5) is 9.98. The Balaban J connectivity index is 2.70. The monoisotopic (exact) mass is 278 g/mol. The summed E-state index contributed by atoms with van der Waals surface area (Å²) in [6.07, 6.45) is 0. The standard InChI is InChI=1S/C9H11ClN2O4S/c10-4-5-17(15,16)11-7-8-2-1-3-9(6-8)12(13)14/h1-3,6,11H,4-5,7H2. The summed E-state index contributed by atoms with van der Waals surface area (Å²) in [5.74, 6) is -0.173. The maximum Gasteiger partial charge on any atom is 0.269 e. The predicted octanol–water partition coefficient (Wildman–Crippen LogP) is 1.25. The van der Waals surface area contributed by atoms with Gasteiger partial charge in [-0.15, -0.1) is 11.6 Å². The molecule has 1 aromatic rings. The van der Waals surface area contributed by atoms with Crippen LogP contribution in [0.5, 0.6) is 0 Å². The van der Waals surface area contributed by atoms with Crippen molar-refractivity contribution >= 4 is 27.3 Å². The molecule has 94 valence electrons. The molecule has 0 aliphatic carbocycles. The summed E-state index contributed by atoms with van der Waals surface area (Å²) in [5, 5.41) is 10.5. The molecular weight excluding hydrogens is 268 g/mol. The van der Waals surface area contributed by atoms with Crippen LogP contribution in [-0.4, -0.2) is 25.0 Å². The summed E-state index contributed by atoms with van der Waals surface area (Å²) < 4.78 is 24.9. The predicted molar refractivity (Wildman–Crippen MR) is 64.4 cm³/mol. The van der Waals surface area contributed by atoms with Crippen LogP contribution < -0.4 is 4.72 Å². The normalized spacial score (nSPS) is 11.4. The topological polar surface area (TPSA) is 89.3 Å². The fourth-order valence-corrected chi connectivity index (χ4v) is 2.49. The molecule has 0 atom stereocenters. The van der Waals surface area contributed by atoms with E-state index in [1.807, 2.05) is 0 Å². The first kappa shape index (κ1) is 13.9. The number of halogens is 1. The van der Waals surface area contributed by atoms with Crippen molar-refractivity contribution in [1.29, 1.82) is 0 Å². The Hall–Kier alpha value is -1.18. The molecule has 0 spiro atoms. The second kappa shape index (κ2) is 5.95. The average molecular weight is 279 g/mol. The van der Waals surface area contributed by atoms with Crippen LogP contribution in [0.2, 0.25) is 0 Å². The van der Waals surface area contributed by atoms with E-state index < -0.39 is 14.9 Å². The Morgan fingerprint density at radius 3 is 2.71 bits per heavy atom. The number of nitro benzene ring substituents is 1. The fourth-order valence-electron chi connectivity index (χ4n) is 1.15. The van der Waals surface area contributed by atoms with E-state index in [-0.39, 0.29) is 23.9 Å². The third kappa shape index (κ3) is 4.68. The molecule has 0 unspecified atom stereocenters. The van der Waals surface area contributed by atoms with Crippen LogP contribution in [0.15, 0.2) is 24.3 Å². The van der Waals surface area contributed by atoms with Crippen LogP contribution in [0.1, 0.15) is 5.56 Å². The molecular formula is C9H11ClN2O4S. The molecule has 17 heavy (non-hydrogen) atoms.